The fraction of sp³-hybridized carbons (Fsp3) is 0.571. The van der Waals surface area contributed by atoms with Crippen molar-refractivity contribution in [3.63, 3.8) is 0 Å². The molecule has 0 spiro atoms. The normalized spacial score (nSPS) is 12.6. The van der Waals surface area contributed by atoms with Gasteiger partial charge in [0.2, 0.25) is 0 Å². The van der Waals surface area contributed by atoms with Gasteiger partial charge in [-0.25, -0.2) is 0 Å². The van der Waals surface area contributed by atoms with E-state index in [0.29, 0.717) is 15.0 Å². The molecular formula is C14H23NSe. The summed E-state index contributed by atoms with van der Waals surface area (Å²) in [5, 5.41) is 1.39. The average molecular weight is 284 g/mol. The number of unbranched alkanes of at least 4 members (excludes halogenated alkanes) is 1. The second-order valence-electron chi connectivity index (χ2n) is 4.18. The number of hydrogen-bond donors (Lipinski definition) is 1. The molecule has 1 nitrogen and oxygen atoms in total. The van der Waals surface area contributed by atoms with Crippen LogP contribution < -0.4 is 10.2 Å². The summed E-state index contributed by atoms with van der Waals surface area (Å²) >= 11 is 0.657. The van der Waals surface area contributed by atoms with Crippen LogP contribution in [0.15, 0.2) is 30.3 Å². The van der Waals surface area contributed by atoms with Gasteiger partial charge < -0.3 is 0 Å². The van der Waals surface area contributed by atoms with Gasteiger partial charge in [0.1, 0.15) is 0 Å². The van der Waals surface area contributed by atoms with Crippen LogP contribution in [0.3, 0.4) is 0 Å². The summed E-state index contributed by atoms with van der Waals surface area (Å²) in [4.78, 5) is 0. The van der Waals surface area contributed by atoms with Gasteiger partial charge in [-0.15, -0.1) is 0 Å². The van der Waals surface area contributed by atoms with Crippen molar-refractivity contribution in [2.24, 2.45) is 11.7 Å². The van der Waals surface area contributed by atoms with E-state index in [4.69, 9.17) is 5.73 Å². The van der Waals surface area contributed by atoms with Crippen molar-refractivity contribution in [1.29, 1.82) is 0 Å². The van der Waals surface area contributed by atoms with E-state index >= 15 is 0 Å². The summed E-state index contributed by atoms with van der Waals surface area (Å²) in [5.74, 6) is 0.909. The van der Waals surface area contributed by atoms with Crippen molar-refractivity contribution in [2.45, 2.75) is 37.9 Å². The molecule has 1 aromatic carbocycles. The maximum absolute atomic E-state index is 5.53. The molecule has 1 unspecified atom stereocenters. The van der Waals surface area contributed by atoms with Gasteiger partial charge in [-0.2, -0.15) is 0 Å². The van der Waals surface area contributed by atoms with Crippen molar-refractivity contribution in [3.05, 3.63) is 30.3 Å². The Morgan fingerprint density at radius 2 is 1.94 bits per heavy atom. The van der Waals surface area contributed by atoms with E-state index in [9.17, 15) is 0 Å². The summed E-state index contributed by atoms with van der Waals surface area (Å²) in [6.45, 7) is 3.16. The van der Waals surface area contributed by atoms with Crippen LogP contribution >= 0.6 is 0 Å². The topological polar surface area (TPSA) is 26.0 Å². The van der Waals surface area contributed by atoms with E-state index in [1.807, 2.05) is 0 Å². The molecule has 0 saturated carbocycles. The van der Waals surface area contributed by atoms with E-state index in [0.717, 1.165) is 12.5 Å². The van der Waals surface area contributed by atoms with E-state index in [1.165, 1.54) is 35.5 Å². The molecule has 2 N–H and O–H groups in total. The third-order valence-electron chi connectivity index (χ3n) is 2.87. The molecule has 1 atom stereocenters. The maximum atomic E-state index is 5.53. The van der Waals surface area contributed by atoms with Gasteiger partial charge >= 0.3 is 106 Å². The Hall–Kier alpha value is -0.301. The molecule has 16 heavy (non-hydrogen) atoms. The first-order valence-electron chi connectivity index (χ1n) is 6.24. The van der Waals surface area contributed by atoms with Gasteiger partial charge in [-0.1, -0.05) is 0 Å². The van der Waals surface area contributed by atoms with Crippen LogP contribution in [0, 0.1) is 5.92 Å². The molecule has 1 rings (SSSR count). The van der Waals surface area contributed by atoms with Gasteiger partial charge in [-0.3, -0.25) is 0 Å². The number of nitrogens with two attached hydrogens (primary N) is 1. The second-order valence-corrected chi connectivity index (χ2v) is 6.48. The van der Waals surface area contributed by atoms with Crippen LogP contribution in [0.1, 0.15) is 32.6 Å². The minimum atomic E-state index is 0.657. The fourth-order valence-electron chi connectivity index (χ4n) is 1.71. The monoisotopic (exact) mass is 285 g/mol. The van der Waals surface area contributed by atoms with Gasteiger partial charge in [-0.05, 0) is 0 Å². The van der Waals surface area contributed by atoms with Crippen molar-refractivity contribution in [2.75, 3.05) is 6.54 Å². The van der Waals surface area contributed by atoms with E-state index in [1.54, 1.807) is 0 Å². The first-order chi connectivity index (χ1) is 7.86. The molecule has 0 aliphatic heterocycles. The van der Waals surface area contributed by atoms with Crippen molar-refractivity contribution in [3.8, 4) is 0 Å². The average Bonchev–Trinajstić information content (AvgIpc) is 2.35. The van der Waals surface area contributed by atoms with Crippen LogP contribution in [-0.2, 0) is 0 Å². The molecule has 0 saturated heterocycles. The number of rotatable bonds is 8. The van der Waals surface area contributed by atoms with E-state index in [-0.39, 0.29) is 0 Å². The number of benzene rings is 1. The Labute approximate surface area is 106 Å². The molecule has 0 aliphatic carbocycles. The van der Waals surface area contributed by atoms with Gasteiger partial charge in [0.15, 0.2) is 0 Å². The van der Waals surface area contributed by atoms with Crippen LogP contribution in [0.2, 0.25) is 5.32 Å². The molecule has 0 heterocycles. The third-order valence-corrected chi connectivity index (χ3v) is 5.48. The first-order valence-corrected chi connectivity index (χ1v) is 8.31. The third kappa shape index (κ3) is 5.69. The van der Waals surface area contributed by atoms with Gasteiger partial charge in [0, 0.05) is 0 Å². The molecular weight excluding hydrogens is 261 g/mol. The predicted octanol–water partition coefficient (Wildman–Crippen LogP) is 2.59. The zero-order chi connectivity index (χ0) is 11.6. The predicted molar refractivity (Wildman–Crippen MR) is 73.3 cm³/mol. The summed E-state index contributed by atoms with van der Waals surface area (Å²) in [7, 11) is 0. The Morgan fingerprint density at radius 3 is 2.56 bits per heavy atom. The fourth-order valence-corrected chi connectivity index (χ4v) is 4.19. The Morgan fingerprint density at radius 1 is 1.19 bits per heavy atom. The first kappa shape index (κ1) is 13.8. The van der Waals surface area contributed by atoms with Crippen molar-refractivity contribution < 1.29 is 0 Å². The second kappa shape index (κ2) is 8.81. The van der Waals surface area contributed by atoms with Crippen LogP contribution in [0.5, 0.6) is 0 Å². The molecule has 0 bridgehead atoms. The van der Waals surface area contributed by atoms with Gasteiger partial charge in [0.05, 0.1) is 0 Å². The standard InChI is InChI=1S/C14H23NSe/c1-2-13(8-6-7-11-15)12-16-14-9-4-3-5-10-14/h3-5,9-10,13H,2,6-8,11-12,15H2,1H3. The Kier molecular flexibility index (Phi) is 7.58. The zero-order valence-electron chi connectivity index (χ0n) is 10.2. The van der Waals surface area contributed by atoms with Crippen LogP contribution in [-0.4, -0.2) is 21.5 Å². The molecule has 0 fully saturated rings. The van der Waals surface area contributed by atoms with Crippen LogP contribution in [0.25, 0.3) is 0 Å². The van der Waals surface area contributed by atoms with E-state index in [2.05, 4.69) is 37.3 Å². The van der Waals surface area contributed by atoms with Crippen molar-refractivity contribution in [1.82, 2.24) is 0 Å². The Bertz CT molecular complexity index is 261. The Balaban J connectivity index is 2.23. The van der Waals surface area contributed by atoms with Crippen molar-refractivity contribution >= 4 is 19.4 Å². The number of hydrogen-bond acceptors (Lipinski definition) is 1. The molecule has 1 aromatic rings. The SMILES string of the molecule is CCC(CCCCN)C[Se]c1ccccc1. The van der Waals surface area contributed by atoms with Crippen LogP contribution in [0.4, 0.5) is 0 Å². The molecule has 0 aliphatic rings. The molecule has 90 valence electrons. The summed E-state index contributed by atoms with van der Waals surface area (Å²) in [6, 6.07) is 10.9. The summed E-state index contributed by atoms with van der Waals surface area (Å²) in [6.07, 6.45) is 5.18. The quantitative estimate of drug-likeness (QED) is 0.576. The minimum absolute atomic E-state index is 0.657. The van der Waals surface area contributed by atoms with E-state index < -0.39 is 0 Å². The summed E-state index contributed by atoms with van der Waals surface area (Å²) in [5.41, 5.74) is 5.53. The summed E-state index contributed by atoms with van der Waals surface area (Å²) < 4.78 is 1.53. The van der Waals surface area contributed by atoms with Gasteiger partial charge in [0.25, 0.3) is 0 Å². The molecule has 2 heteroatoms. The molecule has 0 aromatic heterocycles. The zero-order valence-corrected chi connectivity index (χ0v) is 11.9. The molecule has 0 radical (unpaired) electrons. The molecule has 0 amide bonds.